The summed E-state index contributed by atoms with van der Waals surface area (Å²) < 4.78 is 8.19. The van der Waals surface area contributed by atoms with Crippen molar-refractivity contribution in [2.45, 2.75) is 12.4 Å². The van der Waals surface area contributed by atoms with E-state index in [0.29, 0.717) is 18.3 Å². The van der Waals surface area contributed by atoms with E-state index in [1.54, 1.807) is 7.11 Å². The summed E-state index contributed by atoms with van der Waals surface area (Å²) in [5.41, 5.74) is 3.07. The van der Waals surface area contributed by atoms with Crippen LogP contribution in [0.2, 0.25) is 0 Å². The Balaban J connectivity index is 2.01. The number of hydrogen-bond donors (Lipinski definition) is 0. The predicted molar refractivity (Wildman–Crippen MR) is 86.9 cm³/mol. The van der Waals surface area contributed by atoms with Gasteiger partial charge in [0, 0.05) is 16.7 Å². The zero-order valence-corrected chi connectivity index (χ0v) is 13.7. The lowest BCUT2D eigenvalue weighted by Crippen LogP contribution is -2.04. The maximum Gasteiger partial charge on any atom is 0.212 e. The highest BCUT2D eigenvalue weighted by Crippen LogP contribution is 2.23. The molecule has 2 aromatic heterocycles. The zero-order valence-electron chi connectivity index (χ0n) is 11.4. The van der Waals surface area contributed by atoms with E-state index in [1.165, 1.54) is 0 Å². The zero-order chi connectivity index (χ0) is 14.8. The van der Waals surface area contributed by atoms with Gasteiger partial charge in [-0.05, 0) is 23.8 Å². The van der Waals surface area contributed by atoms with Gasteiger partial charge in [-0.3, -0.25) is 0 Å². The van der Waals surface area contributed by atoms with Gasteiger partial charge in [-0.15, -0.1) is 11.6 Å². The maximum absolute atomic E-state index is 6.03. The highest BCUT2D eigenvalue weighted by Gasteiger charge is 2.11. The van der Waals surface area contributed by atoms with Crippen LogP contribution in [0.15, 0.2) is 41.0 Å². The van der Waals surface area contributed by atoms with Crippen molar-refractivity contribution >= 4 is 38.6 Å². The minimum absolute atomic E-state index is 0.371. The second-order valence-electron chi connectivity index (χ2n) is 4.59. The van der Waals surface area contributed by atoms with Gasteiger partial charge in [0.15, 0.2) is 0 Å². The molecule has 0 aliphatic heterocycles. The molecule has 0 N–H and O–H groups in total. The Morgan fingerprint density at radius 3 is 2.81 bits per heavy atom. The molecule has 0 fully saturated rings. The summed E-state index contributed by atoms with van der Waals surface area (Å²) in [5.74, 6) is 1.83. The summed E-state index contributed by atoms with van der Waals surface area (Å²) in [7, 11) is 1.61. The van der Waals surface area contributed by atoms with Crippen LogP contribution in [0.25, 0.3) is 11.0 Å². The molecule has 0 amide bonds. The predicted octanol–water partition coefficient (Wildman–Crippen LogP) is 3.99. The van der Waals surface area contributed by atoms with Crippen molar-refractivity contribution in [1.29, 1.82) is 0 Å². The number of benzene rings is 1. The number of fused-ring (bicyclic) bond motifs is 1. The smallest absolute Gasteiger partial charge is 0.212 e. The molecule has 108 valence electrons. The molecule has 0 bridgehead atoms. The van der Waals surface area contributed by atoms with Crippen molar-refractivity contribution in [2.24, 2.45) is 0 Å². The summed E-state index contributed by atoms with van der Waals surface area (Å²) in [6.07, 6.45) is 1.81. The second-order valence-corrected chi connectivity index (χ2v) is 5.77. The van der Waals surface area contributed by atoms with Crippen molar-refractivity contribution < 1.29 is 4.74 Å². The van der Waals surface area contributed by atoms with Crippen LogP contribution in [0.4, 0.5) is 0 Å². The molecule has 21 heavy (non-hydrogen) atoms. The van der Waals surface area contributed by atoms with Gasteiger partial charge in [-0.25, -0.2) is 9.97 Å². The first-order valence-corrected chi connectivity index (χ1v) is 7.73. The molecule has 0 aliphatic rings. The fraction of sp³-hybridized carbons (Fsp3) is 0.200. The molecule has 0 unspecified atom stereocenters. The van der Waals surface area contributed by atoms with Gasteiger partial charge in [0.05, 0.1) is 30.6 Å². The maximum atomic E-state index is 6.03. The van der Waals surface area contributed by atoms with E-state index >= 15 is 0 Å². The van der Waals surface area contributed by atoms with Crippen LogP contribution < -0.4 is 4.74 Å². The van der Waals surface area contributed by atoms with Crippen molar-refractivity contribution in [3.05, 3.63) is 52.4 Å². The number of rotatable bonds is 4. The molecule has 2 heterocycles. The molecule has 3 aromatic rings. The Morgan fingerprint density at radius 1 is 1.29 bits per heavy atom. The molecule has 6 heteroatoms. The number of imidazole rings is 1. The van der Waals surface area contributed by atoms with Crippen LogP contribution >= 0.6 is 27.5 Å². The lowest BCUT2D eigenvalue weighted by atomic mass is 10.2. The fourth-order valence-corrected chi connectivity index (χ4v) is 2.79. The Hall–Kier alpha value is -1.59. The Labute approximate surface area is 135 Å². The number of aromatic nitrogens is 3. The molecule has 0 atom stereocenters. The number of nitrogens with zero attached hydrogens (tertiary/aromatic N) is 3. The first-order chi connectivity index (χ1) is 10.2. The molecule has 3 rings (SSSR count). The third kappa shape index (κ3) is 2.89. The van der Waals surface area contributed by atoms with E-state index in [-0.39, 0.29) is 0 Å². The van der Waals surface area contributed by atoms with Crippen LogP contribution in [0.3, 0.4) is 0 Å². The summed E-state index contributed by atoms with van der Waals surface area (Å²) in [4.78, 5) is 8.81. The third-order valence-corrected chi connectivity index (χ3v) is 3.99. The number of pyridine rings is 1. The van der Waals surface area contributed by atoms with Crippen molar-refractivity contribution in [3.63, 3.8) is 0 Å². The first kappa shape index (κ1) is 14.4. The summed E-state index contributed by atoms with van der Waals surface area (Å²) in [5, 5.41) is 0. The number of hydrogen-bond acceptors (Lipinski definition) is 3. The molecule has 0 saturated carbocycles. The minimum atomic E-state index is 0.371. The van der Waals surface area contributed by atoms with Gasteiger partial charge in [0.25, 0.3) is 0 Å². The lowest BCUT2D eigenvalue weighted by molar-refractivity contribution is 0.397. The molecule has 1 aromatic carbocycles. The lowest BCUT2D eigenvalue weighted by Gasteiger charge is -2.08. The standard InChI is InChI=1S/C15H13BrClN3O/c1-21-15-5-2-10(8-18-15)9-20-13-4-3-11(16)6-12(13)19-14(20)7-17/h2-6,8H,7,9H2,1H3. The Morgan fingerprint density at radius 2 is 2.14 bits per heavy atom. The minimum Gasteiger partial charge on any atom is -0.481 e. The molecular weight excluding hydrogens is 354 g/mol. The third-order valence-electron chi connectivity index (χ3n) is 3.26. The van der Waals surface area contributed by atoms with Crippen LogP contribution in [0.1, 0.15) is 11.4 Å². The molecule has 0 saturated heterocycles. The number of methoxy groups -OCH3 is 1. The molecule has 0 spiro atoms. The highest BCUT2D eigenvalue weighted by molar-refractivity contribution is 9.10. The highest BCUT2D eigenvalue weighted by atomic mass is 79.9. The summed E-state index contributed by atoms with van der Waals surface area (Å²) >= 11 is 9.49. The second kappa shape index (κ2) is 6.03. The van der Waals surface area contributed by atoms with Crippen LogP contribution in [0, 0.1) is 0 Å². The summed E-state index contributed by atoms with van der Waals surface area (Å²) in [6.45, 7) is 0.678. The molecule has 4 nitrogen and oxygen atoms in total. The van der Waals surface area contributed by atoms with Gasteiger partial charge < -0.3 is 9.30 Å². The fourth-order valence-electron chi connectivity index (χ4n) is 2.24. The number of halogens is 2. The van der Waals surface area contributed by atoms with Gasteiger partial charge in [0.1, 0.15) is 5.82 Å². The van der Waals surface area contributed by atoms with Crippen molar-refractivity contribution in [1.82, 2.24) is 14.5 Å². The quantitative estimate of drug-likeness (QED) is 0.656. The first-order valence-electron chi connectivity index (χ1n) is 6.41. The van der Waals surface area contributed by atoms with Crippen molar-refractivity contribution in [2.75, 3.05) is 7.11 Å². The van der Waals surface area contributed by atoms with E-state index in [9.17, 15) is 0 Å². The van der Waals surface area contributed by atoms with Crippen LogP contribution in [-0.2, 0) is 12.4 Å². The molecule has 0 radical (unpaired) electrons. The normalized spacial score (nSPS) is 11.0. The molecular formula is C15H13BrClN3O. The topological polar surface area (TPSA) is 39.9 Å². The van der Waals surface area contributed by atoms with E-state index in [1.807, 2.05) is 36.5 Å². The SMILES string of the molecule is COc1ccc(Cn2c(CCl)nc3cc(Br)ccc32)cn1. The van der Waals surface area contributed by atoms with E-state index in [0.717, 1.165) is 26.9 Å². The Kier molecular flexibility index (Phi) is 4.12. The van der Waals surface area contributed by atoms with Gasteiger partial charge in [-0.2, -0.15) is 0 Å². The van der Waals surface area contributed by atoms with Gasteiger partial charge >= 0.3 is 0 Å². The number of ether oxygens (including phenoxy) is 1. The largest absolute Gasteiger partial charge is 0.481 e. The van der Waals surface area contributed by atoms with E-state index in [2.05, 4.69) is 30.5 Å². The summed E-state index contributed by atoms with van der Waals surface area (Å²) in [6, 6.07) is 9.89. The number of alkyl halides is 1. The molecule has 0 aliphatic carbocycles. The van der Waals surface area contributed by atoms with E-state index < -0.39 is 0 Å². The van der Waals surface area contributed by atoms with Crippen molar-refractivity contribution in [3.8, 4) is 5.88 Å². The van der Waals surface area contributed by atoms with Crippen LogP contribution in [0.5, 0.6) is 5.88 Å². The monoisotopic (exact) mass is 365 g/mol. The van der Waals surface area contributed by atoms with Gasteiger partial charge in [-0.1, -0.05) is 22.0 Å². The Bertz CT molecular complexity index is 770. The van der Waals surface area contributed by atoms with Crippen LogP contribution in [-0.4, -0.2) is 21.6 Å². The van der Waals surface area contributed by atoms with Gasteiger partial charge in [0.2, 0.25) is 5.88 Å². The average Bonchev–Trinajstić information content (AvgIpc) is 2.85. The van der Waals surface area contributed by atoms with E-state index in [4.69, 9.17) is 16.3 Å². The average molecular weight is 367 g/mol.